The van der Waals surface area contributed by atoms with Crippen LogP contribution < -0.4 is 4.74 Å². The highest BCUT2D eigenvalue weighted by Crippen LogP contribution is 2.31. The summed E-state index contributed by atoms with van der Waals surface area (Å²) in [5, 5.41) is 8.09. The average Bonchev–Trinajstić information content (AvgIpc) is 3.07. The second-order valence-corrected chi connectivity index (χ2v) is 6.58. The van der Waals surface area contributed by atoms with Gasteiger partial charge in [0.2, 0.25) is 0 Å². The zero-order valence-corrected chi connectivity index (χ0v) is 15.2. The highest BCUT2D eigenvalue weighted by Gasteiger charge is 2.10. The summed E-state index contributed by atoms with van der Waals surface area (Å²) in [5.41, 5.74) is 5.11. The minimum Gasteiger partial charge on any atom is -0.489 e. The van der Waals surface area contributed by atoms with Crippen LogP contribution in [0.4, 0.5) is 0 Å². The van der Waals surface area contributed by atoms with Gasteiger partial charge in [-0.2, -0.15) is 5.10 Å². The normalized spacial score (nSPS) is 10.9. The van der Waals surface area contributed by atoms with Crippen molar-refractivity contribution in [3.63, 3.8) is 0 Å². The number of hydrogen-bond donors (Lipinski definition) is 1. The fourth-order valence-electron chi connectivity index (χ4n) is 2.61. The predicted molar refractivity (Wildman–Crippen MR) is 104 cm³/mol. The molecule has 0 aliphatic heterocycles. The Bertz CT molecular complexity index is 866. The Labute approximate surface area is 153 Å². The maximum atomic E-state index is 6.32. The second-order valence-electron chi connectivity index (χ2n) is 6.17. The van der Waals surface area contributed by atoms with E-state index in [1.807, 2.05) is 44.2 Å². The van der Waals surface area contributed by atoms with Crippen LogP contribution >= 0.6 is 11.6 Å². The fraction of sp³-hybridized carbons (Fsp3) is 0.190. The van der Waals surface area contributed by atoms with E-state index in [9.17, 15) is 0 Å². The van der Waals surface area contributed by atoms with Gasteiger partial charge in [0, 0.05) is 5.56 Å². The van der Waals surface area contributed by atoms with E-state index in [4.69, 9.17) is 16.3 Å². The van der Waals surface area contributed by atoms with Gasteiger partial charge in [0.1, 0.15) is 5.75 Å². The molecule has 1 aromatic heterocycles. The van der Waals surface area contributed by atoms with Gasteiger partial charge in [-0.3, -0.25) is 5.10 Å². The summed E-state index contributed by atoms with van der Waals surface area (Å²) >= 11 is 6.32. The van der Waals surface area contributed by atoms with E-state index in [1.165, 1.54) is 5.56 Å². The molecule has 1 N–H and O–H groups in total. The van der Waals surface area contributed by atoms with Crippen LogP contribution in [-0.2, 0) is 6.42 Å². The van der Waals surface area contributed by atoms with Crippen LogP contribution in [0.15, 0.2) is 61.2 Å². The number of aromatic amines is 1. The number of halogens is 1. The van der Waals surface area contributed by atoms with E-state index < -0.39 is 0 Å². The molecule has 3 nitrogen and oxygen atoms in total. The van der Waals surface area contributed by atoms with E-state index in [2.05, 4.69) is 41.0 Å². The van der Waals surface area contributed by atoms with Crippen molar-refractivity contribution in [2.45, 2.75) is 26.4 Å². The third-order valence-corrected chi connectivity index (χ3v) is 4.11. The van der Waals surface area contributed by atoms with Crippen molar-refractivity contribution >= 4 is 11.6 Å². The number of nitrogens with zero attached hydrogens (tertiary/aromatic N) is 1. The van der Waals surface area contributed by atoms with Gasteiger partial charge in [-0.15, -0.1) is 6.58 Å². The number of aromatic nitrogens is 2. The quantitative estimate of drug-likeness (QED) is 0.560. The van der Waals surface area contributed by atoms with Gasteiger partial charge in [-0.1, -0.05) is 41.9 Å². The van der Waals surface area contributed by atoms with Gasteiger partial charge in [0.25, 0.3) is 0 Å². The monoisotopic (exact) mass is 352 g/mol. The summed E-state index contributed by atoms with van der Waals surface area (Å²) < 4.78 is 5.67. The first kappa shape index (κ1) is 17.3. The molecule has 4 heteroatoms. The lowest BCUT2D eigenvalue weighted by atomic mass is 10.1. The van der Waals surface area contributed by atoms with Crippen LogP contribution in [0.25, 0.3) is 22.5 Å². The van der Waals surface area contributed by atoms with Gasteiger partial charge in [0.15, 0.2) is 0 Å². The van der Waals surface area contributed by atoms with Crippen molar-refractivity contribution in [3.05, 3.63) is 71.8 Å². The van der Waals surface area contributed by atoms with E-state index in [0.29, 0.717) is 10.8 Å². The maximum Gasteiger partial charge on any atom is 0.138 e. The first-order valence-corrected chi connectivity index (χ1v) is 8.67. The number of rotatable bonds is 6. The molecular formula is C21H21ClN2O. The summed E-state index contributed by atoms with van der Waals surface area (Å²) in [5.74, 6) is 0.689. The molecule has 128 valence electrons. The molecule has 2 aromatic carbocycles. The number of allylic oxidation sites excluding steroid dienone is 1. The smallest absolute Gasteiger partial charge is 0.138 e. The Hall–Kier alpha value is -2.52. The SMILES string of the molecule is C=CCc1ccc(-c2cc(-c3ccc(OC(C)C)c(Cl)c3)n[nH]2)cc1. The van der Waals surface area contributed by atoms with Gasteiger partial charge in [0.05, 0.1) is 22.5 Å². The molecule has 3 rings (SSSR count). The molecule has 0 radical (unpaired) electrons. The third kappa shape index (κ3) is 4.12. The zero-order chi connectivity index (χ0) is 17.8. The Balaban J connectivity index is 1.83. The second kappa shape index (κ2) is 7.58. The molecule has 0 spiro atoms. The molecule has 0 unspecified atom stereocenters. The summed E-state index contributed by atoms with van der Waals surface area (Å²) in [4.78, 5) is 0. The fourth-order valence-corrected chi connectivity index (χ4v) is 2.84. The van der Waals surface area contributed by atoms with Crippen molar-refractivity contribution in [3.8, 4) is 28.3 Å². The molecule has 0 aliphatic rings. The molecule has 0 amide bonds. The molecule has 0 saturated heterocycles. The van der Waals surface area contributed by atoms with E-state index in [0.717, 1.165) is 28.9 Å². The van der Waals surface area contributed by atoms with Crippen LogP contribution in [0.1, 0.15) is 19.4 Å². The van der Waals surface area contributed by atoms with Crippen molar-refractivity contribution < 1.29 is 4.74 Å². The third-order valence-electron chi connectivity index (χ3n) is 3.81. The van der Waals surface area contributed by atoms with Gasteiger partial charge in [-0.05, 0) is 55.7 Å². The van der Waals surface area contributed by atoms with Crippen molar-refractivity contribution in [2.24, 2.45) is 0 Å². The standard InChI is InChI=1S/C21H21ClN2O/c1-4-5-15-6-8-16(9-7-15)19-13-20(24-23-19)17-10-11-21(18(22)12-17)25-14(2)3/h4,6-14H,1,5H2,2-3H3,(H,23,24). The summed E-state index contributed by atoms with van der Waals surface area (Å²) in [6, 6.07) is 16.1. The number of benzene rings is 2. The Morgan fingerprint density at radius 2 is 1.84 bits per heavy atom. The summed E-state index contributed by atoms with van der Waals surface area (Å²) in [6.07, 6.45) is 2.86. The maximum absolute atomic E-state index is 6.32. The van der Waals surface area contributed by atoms with Crippen LogP contribution in [0.2, 0.25) is 5.02 Å². The molecule has 0 aliphatic carbocycles. The van der Waals surface area contributed by atoms with E-state index in [1.54, 1.807) is 0 Å². The number of nitrogens with one attached hydrogen (secondary N) is 1. The van der Waals surface area contributed by atoms with E-state index in [-0.39, 0.29) is 6.10 Å². The van der Waals surface area contributed by atoms with Crippen LogP contribution in [0.5, 0.6) is 5.75 Å². The highest BCUT2D eigenvalue weighted by atomic mass is 35.5. The van der Waals surface area contributed by atoms with Crippen LogP contribution in [-0.4, -0.2) is 16.3 Å². The first-order valence-electron chi connectivity index (χ1n) is 8.29. The zero-order valence-electron chi connectivity index (χ0n) is 14.4. The molecule has 0 fully saturated rings. The van der Waals surface area contributed by atoms with Crippen molar-refractivity contribution in [1.82, 2.24) is 10.2 Å². The number of H-pyrrole nitrogens is 1. The minimum absolute atomic E-state index is 0.0874. The Morgan fingerprint density at radius 1 is 1.12 bits per heavy atom. The van der Waals surface area contributed by atoms with Gasteiger partial charge >= 0.3 is 0 Å². The molecule has 0 saturated carbocycles. The van der Waals surface area contributed by atoms with Crippen molar-refractivity contribution in [2.75, 3.05) is 0 Å². The lowest BCUT2D eigenvalue weighted by molar-refractivity contribution is 0.242. The number of hydrogen-bond acceptors (Lipinski definition) is 2. The van der Waals surface area contributed by atoms with Gasteiger partial charge in [-0.25, -0.2) is 0 Å². The average molecular weight is 353 g/mol. The Morgan fingerprint density at radius 3 is 2.48 bits per heavy atom. The molecule has 1 heterocycles. The summed E-state index contributed by atoms with van der Waals surface area (Å²) in [7, 11) is 0. The Kier molecular flexibility index (Phi) is 5.25. The predicted octanol–water partition coefficient (Wildman–Crippen LogP) is 5.91. The molecule has 0 bridgehead atoms. The lowest BCUT2D eigenvalue weighted by Gasteiger charge is -2.11. The lowest BCUT2D eigenvalue weighted by Crippen LogP contribution is -2.05. The summed E-state index contributed by atoms with van der Waals surface area (Å²) in [6.45, 7) is 7.72. The molecular weight excluding hydrogens is 332 g/mol. The largest absolute Gasteiger partial charge is 0.489 e. The van der Waals surface area contributed by atoms with Crippen LogP contribution in [0, 0.1) is 0 Å². The van der Waals surface area contributed by atoms with Gasteiger partial charge < -0.3 is 4.74 Å². The number of ether oxygens (including phenoxy) is 1. The van der Waals surface area contributed by atoms with E-state index >= 15 is 0 Å². The molecule has 25 heavy (non-hydrogen) atoms. The highest BCUT2D eigenvalue weighted by molar-refractivity contribution is 6.32. The first-order chi connectivity index (χ1) is 12.1. The topological polar surface area (TPSA) is 37.9 Å². The van der Waals surface area contributed by atoms with Crippen molar-refractivity contribution in [1.29, 1.82) is 0 Å². The molecule has 3 aromatic rings. The minimum atomic E-state index is 0.0874. The molecule has 0 atom stereocenters. The van der Waals surface area contributed by atoms with Crippen LogP contribution in [0.3, 0.4) is 0 Å².